The van der Waals surface area contributed by atoms with Gasteiger partial charge in [-0.3, -0.25) is 20.7 Å². The molecule has 1 aliphatic rings. The van der Waals surface area contributed by atoms with Crippen LogP contribution in [0.5, 0.6) is 5.75 Å². The van der Waals surface area contributed by atoms with Gasteiger partial charge in [-0.15, -0.1) is 0 Å². The number of allylic oxidation sites excluding steroid dienone is 1. The molecule has 10 nitrogen and oxygen atoms in total. The highest BCUT2D eigenvalue weighted by molar-refractivity contribution is 14.1. The SMILES string of the molecule is Cc1ccc(N=C(C=C(N)C(C)(C)C)NC(=O)N[C@H]2CC[C@@H](Oc3ccc(=N)n(C(=N)N(C)CCI)c3)c3ccccc32)cc1. The Morgan fingerprint density at radius 3 is 2.49 bits per heavy atom. The molecule has 0 radical (unpaired) electrons. The van der Waals surface area contributed by atoms with Crippen LogP contribution in [-0.4, -0.2) is 45.3 Å². The summed E-state index contributed by atoms with van der Waals surface area (Å²) in [7, 11) is 1.84. The van der Waals surface area contributed by atoms with Gasteiger partial charge in [-0.2, -0.15) is 0 Å². The largest absolute Gasteiger partial charge is 0.484 e. The quantitative estimate of drug-likeness (QED) is 0.0844. The lowest BCUT2D eigenvalue weighted by Gasteiger charge is -2.32. The number of amides is 2. The van der Waals surface area contributed by atoms with E-state index in [9.17, 15) is 4.79 Å². The molecule has 2 amide bonds. The van der Waals surface area contributed by atoms with E-state index in [0.29, 0.717) is 42.4 Å². The maximum Gasteiger partial charge on any atom is 0.320 e. The van der Waals surface area contributed by atoms with Crippen LogP contribution in [0.4, 0.5) is 10.5 Å². The first-order valence-electron chi connectivity index (χ1n) is 14.9. The summed E-state index contributed by atoms with van der Waals surface area (Å²) in [6.07, 6.45) is 4.48. The number of rotatable bonds is 7. The molecule has 0 unspecified atom stereocenters. The number of urea groups is 1. The second-order valence-electron chi connectivity index (χ2n) is 12.2. The normalized spacial score (nSPS) is 16.8. The van der Waals surface area contributed by atoms with E-state index in [0.717, 1.165) is 21.1 Å². The number of hydrogen-bond acceptors (Lipinski definition) is 6. The molecule has 6 N–H and O–H groups in total. The minimum absolute atomic E-state index is 0.205. The standard InChI is InChI=1S/C34H43IN8O2/c1-22-10-12-23(13-11-22)39-31(20-29(36)34(2,3)4)41-33(44)40-27-15-16-28(26-9-7-6-8-25(26)27)45-24-14-17-30(37)43(21-24)32(38)42(5)19-18-35/h6-14,17,20-21,27-28,37-38H,15-16,18-19,36H2,1-5H3,(H2,39,40,41,44)/t27-,28+/m0/s1. The number of ether oxygens (including phenoxy) is 1. The van der Waals surface area contributed by atoms with Crippen molar-refractivity contribution in [3.05, 3.63) is 101 Å². The number of alkyl halides is 1. The van der Waals surface area contributed by atoms with Crippen LogP contribution in [-0.2, 0) is 0 Å². The van der Waals surface area contributed by atoms with Crippen LogP contribution >= 0.6 is 22.6 Å². The van der Waals surface area contributed by atoms with E-state index in [2.05, 4.69) is 38.2 Å². The average Bonchev–Trinajstić information content (AvgIpc) is 2.99. The number of carbonyl (C=O) groups excluding carboxylic acids is 1. The first-order valence-corrected chi connectivity index (χ1v) is 16.5. The van der Waals surface area contributed by atoms with Crippen LogP contribution in [0.25, 0.3) is 0 Å². The van der Waals surface area contributed by atoms with Gasteiger partial charge in [0.2, 0.25) is 5.96 Å². The third-order valence-electron chi connectivity index (χ3n) is 7.63. The Morgan fingerprint density at radius 1 is 1.13 bits per heavy atom. The van der Waals surface area contributed by atoms with Crippen LogP contribution in [0.1, 0.15) is 62.4 Å². The Bertz CT molecular complexity index is 1640. The van der Waals surface area contributed by atoms with Gasteiger partial charge in [-0.1, -0.05) is 85.3 Å². The second-order valence-corrected chi connectivity index (χ2v) is 13.3. The minimum atomic E-state index is -0.376. The zero-order chi connectivity index (χ0) is 32.7. The van der Waals surface area contributed by atoms with Crippen molar-refractivity contribution in [2.45, 2.75) is 52.7 Å². The van der Waals surface area contributed by atoms with Crippen LogP contribution in [0, 0.1) is 23.2 Å². The van der Waals surface area contributed by atoms with Crippen molar-refractivity contribution in [2.24, 2.45) is 16.1 Å². The number of hydrogen-bond donors (Lipinski definition) is 5. The Morgan fingerprint density at radius 2 is 1.82 bits per heavy atom. The molecule has 0 bridgehead atoms. The monoisotopic (exact) mass is 722 g/mol. The van der Waals surface area contributed by atoms with Crippen LogP contribution in [0.3, 0.4) is 0 Å². The molecule has 11 heteroatoms. The number of fused-ring (bicyclic) bond motifs is 1. The third kappa shape index (κ3) is 8.96. The number of amidine groups is 1. The third-order valence-corrected chi connectivity index (χ3v) is 8.12. The second kappa shape index (κ2) is 14.8. The molecule has 0 aliphatic heterocycles. The van der Waals surface area contributed by atoms with Gasteiger partial charge in [-0.05, 0) is 55.2 Å². The Kier molecular flexibility index (Phi) is 11.1. The molecule has 2 atom stereocenters. The molecule has 1 aliphatic carbocycles. The Hall–Kier alpha value is -4.13. The minimum Gasteiger partial charge on any atom is -0.484 e. The van der Waals surface area contributed by atoms with Crippen LogP contribution in [0.15, 0.2) is 83.6 Å². The van der Waals surface area contributed by atoms with E-state index in [4.69, 9.17) is 21.3 Å². The van der Waals surface area contributed by atoms with Crippen molar-refractivity contribution in [2.75, 3.05) is 18.0 Å². The summed E-state index contributed by atoms with van der Waals surface area (Å²) in [5.41, 5.74) is 10.7. The van der Waals surface area contributed by atoms with Crippen LogP contribution in [0.2, 0.25) is 0 Å². The van der Waals surface area contributed by atoms with Crippen molar-refractivity contribution in [3.63, 3.8) is 0 Å². The number of nitrogens with zero attached hydrogens (tertiary/aromatic N) is 3. The molecular weight excluding hydrogens is 679 g/mol. The fourth-order valence-corrected chi connectivity index (χ4v) is 5.58. The highest BCUT2D eigenvalue weighted by Gasteiger charge is 2.30. The van der Waals surface area contributed by atoms with E-state index < -0.39 is 0 Å². The van der Waals surface area contributed by atoms with Gasteiger partial charge in [0, 0.05) is 35.2 Å². The zero-order valence-corrected chi connectivity index (χ0v) is 28.7. The number of benzene rings is 2. The van der Waals surface area contributed by atoms with Crippen molar-refractivity contribution >= 4 is 46.1 Å². The predicted octanol–water partition coefficient (Wildman–Crippen LogP) is 6.30. The van der Waals surface area contributed by atoms with Crippen molar-refractivity contribution in [1.82, 2.24) is 20.1 Å². The molecule has 1 heterocycles. The number of nitrogens with two attached hydrogens (primary N) is 1. The fourth-order valence-electron chi connectivity index (χ4n) is 4.86. The first-order chi connectivity index (χ1) is 21.3. The van der Waals surface area contributed by atoms with E-state index in [1.807, 2.05) is 83.3 Å². The summed E-state index contributed by atoms with van der Waals surface area (Å²) in [6, 6.07) is 18.5. The Balaban J connectivity index is 1.52. The van der Waals surface area contributed by atoms with Gasteiger partial charge in [0.1, 0.15) is 23.2 Å². The number of aromatic nitrogens is 1. The van der Waals surface area contributed by atoms with Crippen molar-refractivity contribution in [3.8, 4) is 5.75 Å². The van der Waals surface area contributed by atoms with E-state index in [1.54, 1.807) is 29.3 Å². The van der Waals surface area contributed by atoms with Gasteiger partial charge in [0.25, 0.3) is 0 Å². The number of nitrogens with one attached hydrogen (secondary N) is 4. The number of halogens is 1. The maximum atomic E-state index is 13.4. The summed E-state index contributed by atoms with van der Waals surface area (Å²) in [6.45, 7) is 8.74. The first kappa shape index (κ1) is 33.8. The van der Waals surface area contributed by atoms with Gasteiger partial charge >= 0.3 is 6.03 Å². The van der Waals surface area contributed by atoms with E-state index >= 15 is 0 Å². The molecule has 0 saturated carbocycles. The zero-order valence-electron chi connectivity index (χ0n) is 26.5. The molecule has 2 aromatic carbocycles. The molecule has 0 saturated heterocycles. The Labute approximate surface area is 278 Å². The molecule has 4 rings (SSSR count). The van der Waals surface area contributed by atoms with Gasteiger partial charge in [-0.25, -0.2) is 9.79 Å². The highest BCUT2D eigenvalue weighted by Crippen LogP contribution is 2.38. The lowest BCUT2D eigenvalue weighted by atomic mass is 9.85. The van der Waals surface area contributed by atoms with Crippen LogP contribution < -0.4 is 26.6 Å². The van der Waals surface area contributed by atoms with Gasteiger partial charge in [0.05, 0.1) is 17.9 Å². The lowest BCUT2D eigenvalue weighted by molar-refractivity contribution is 0.171. The summed E-state index contributed by atoms with van der Waals surface area (Å²) in [5, 5.41) is 22.9. The lowest BCUT2D eigenvalue weighted by Crippen LogP contribution is -2.42. The summed E-state index contributed by atoms with van der Waals surface area (Å²) >= 11 is 2.27. The van der Waals surface area contributed by atoms with E-state index in [-0.39, 0.29) is 35.0 Å². The summed E-state index contributed by atoms with van der Waals surface area (Å²) < 4.78 is 8.83. The summed E-state index contributed by atoms with van der Waals surface area (Å²) in [4.78, 5) is 19.8. The van der Waals surface area contributed by atoms with Gasteiger partial charge < -0.3 is 20.7 Å². The number of pyridine rings is 1. The van der Waals surface area contributed by atoms with Crippen molar-refractivity contribution in [1.29, 1.82) is 10.8 Å². The predicted molar refractivity (Wildman–Crippen MR) is 188 cm³/mol. The van der Waals surface area contributed by atoms with Gasteiger partial charge in [0.15, 0.2) is 0 Å². The molecule has 0 fully saturated rings. The molecule has 3 aromatic rings. The van der Waals surface area contributed by atoms with E-state index in [1.165, 1.54) is 4.57 Å². The fraction of sp³-hybridized carbons (Fsp3) is 0.353. The average molecular weight is 723 g/mol. The topological polar surface area (TPSA) is 145 Å². The maximum absolute atomic E-state index is 13.4. The number of carbonyl (C=O) groups is 1. The van der Waals surface area contributed by atoms with Crippen molar-refractivity contribution < 1.29 is 9.53 Å². The molecule has 0 spiro atoms. The number of aliphatic imine (C=N–C) groups is 1. The molecule has 45 heavy (non-hydrogen) atoms. The molecule has 238 valence electrons. The molecular formula is C34H43IN8O2. The number of aryl methyl sites for hydroxylation is 1. The molecule has 1 aromatic heterocycles. The smallest absolute Gasteiger partial charge is 0.320 e. The summed E-state index contributed by atoms with van der Waals surface area (Å²) in [5.74, 6) is 1.14. The highest BCUT2D eigenvalue weighted by atomic mass is 127.